The zero-order chi connectivity index (χ0) is 23.2. The number of allylic oxidation sites excluding steroid dienone is 4. The standard InChI is InChI=1S/C27H52N2O2/c1-6-9-11-13-15-17-19-21-25(8-3)26(22-20-18-16-14-12-10-7-2)31-27(30)28-23-24-29(4)5/h13,15-16,18,25-26H,6-12,14,17,19-24H2,1-5H3,(H,28,30)/b15-13-,18-16-. The van der Waals surface area contributed by atoms with Gasteiger partial charge in [-0.05, 0) is 77.8 Å². The number of unbranched alkanes of at least 4 members (excludes halogenated alkanes) is 6. The first-order valence-electron chi connectivity index (χ1n) is 12.9. The summed E-state index contributed by atoms with van der Waals surface area (Å²) in [6.07, 6.45) is 24.0. The van der Waals surface area contributed by atoms with Crippen molar-refractivity contribution in [3.63, 3.8) is 0 Å². The Balaban J connectivity index is 4.60. The van der Waals surface area contributed by atoms with E-state index in [-0.39, 0.29) is 12.2 Å². The number of amides is 1. The smallest absolute Gasteiger partial charge is 0.407 e. The van der Waals surface area contributed by atoms with Gasteiger partial charge in [0.15, 0.2) is 0 Å². The van der Waals surface area contributed by atoms with Gasteiger partial charge in [0.2, 0.25) is 0 Å². The van der Waals surface area contributed by atoms with Gasteiger partial charge in [0.25, 0.3) is 0 Å². The van der Waals surface area contributed by atoms with E-state index in [4.69, 9.17) is 4.74 Å². The summed E-state index contributed by atoms with van der Waals surface area (Å²) < 4.78 is 5.92. The summed E-state index contributed by atoms with van der Waals surface area (Å²) in [6, 6.07) is 0. The van der Waals surface area contributed by atoms with Gasteiger partial charge in [0.05, 0.1) is 0 Å². The third-order valence-corrected chi connectivity index (χ3v) is 5.73. The molecule has 2 atom stereocenters. The van der Waals surface area contributed by atoms with Gasteiger partial charge in [-0.1, -0.05) is 70.8 Å². The van der Waals surface area contributed by atoms with Gasteiger partial charge in [-0.2, -0.15) is 0 Å². The summed E-state index contributed by atoms with van der Waals surface area (Å²) in [5.74, 6) is 0.428. The second-order valence-electron chi connectivity index (χ2n) is 8.93. The van der Waals surface area contributed by atoms with Crippen molar-refractivity contribution in [2.45, 2.75) is 110 Å². The van der Waals surface area contributed by atoms with Gasteiger partial charge in [0, 0.05) is 13.1 Å². The third-order valence-electron chi connectivity index (χ3n) is 5.73. The number of alkyl carbamates (subject to hydrolysis) is 1. The van der Waals surface area contributed by atoms with Crippen LogP contribution in [0.1, 0.15) is 104 Å². The predicted octanol–water partition coefficient (Wildman–Crippen LogP) is 7.50. The van der Waals surface area contributed by atoms with Crippen LogP contribution >= 0.6 is 0 Å². The molecule has 0 aromatic rings. The monoisotopic (exact) mass is 436 g/mol. The van der Waals surface area contributed by atoms with Gasteiger partial charge >= 0.3 is 6.09 Å². The molecule has 0 aliphatic rings. The quantitative estimate of drug-likeness (QED) is 0.159. The molecule has 0 spiro atoms. The van der Waals surface area contributed by atoms with Crippen molar-refractivity contribution in [2.24, 2.45) is 5.92 Å². The number of hydrogen-bond acceptors (Lipinski definition) is 3. The Bertz CT molecular complexity index is 460. The second-order valence-corrected chi connectivity index (χ2v) is 8.93. The Kier molecular flexibility index (Phi) is 21.0. The molecule has 182 valence electrons. The first-order chi connectivity index (χ1) is 15.0. The lowest BCUT2D eigenvalue weighted by Gasteiger charge is -2.26. The summed E-state index contributed by atoms with van der Waals surface area (Å²) >= 11 is 0. The Morgan fingerprint density at radius 2 is 1.45 bits per heavy atom. The Hall–Kier alpha value is -1.29. The van der Waals surface area contributed by atoms with E-state index in [9.17, 15) is 4.79 Å². The lowest BCUT2D eigenvalue weighted by Crippen LogP contribution is -2.36. The van der Waals surface area contributed by atoms with Crippen molar-refractivity contribution >= 4 is 6.09 Å². The lowest BCUT2D eigenvalue weighted by atomic mass is 9.90. The SMILES string of the molecule is CCCC/C=C\CCCC(CC)C(CC/C=C\CCCCC)OC(=O)NCCN(C)C. The average Bonchev–Trinajstić information content (AvgIpc) is 2.74. The minimum absolute atomic E-state index is 0.00582. The zero-order valence-electron chi connectivity index (χ0n) is 21.3. The Labute approximate surface area is 193 Å². The summed E-state index contributed by atoms with van der Waals surface area (Å²) in [5, 5.41) is 2.91. The van der Waals surface area contributed by atoms with Gasteiger partial charge in [-0.15, -0.1) is 0 Å². The van der Waals surface area contributed by atoms with Crippen molar-refractivity contribution in [1.29, 1.82) is 0 Å². The van der Waals surface area contributed by atoms with Crippen molar-refractivity contribution in [1.82, 2.24) is 10.2 Å². The van der Waals surface area contributed by atoms with Crippen molar-refractivity contribution in [2.75, 3.05) is 27.2 Å². The number of carbonyl (C=O) groups excluding carboxylic acids is 1. The van der Waals surface area contributed by atoms with Crippen LogP contribution in [0.3, 0.4) is 0 Å². The van der Waals surface area contributed by atoms with Gasteiger partial charge < -0.3 is 15.0 Å². The van der Waals surface area contributed by atoms with E-state index in [1.54, 1.807) is 0 Å². The number of rotatable bonds is 20. The highest BCUT2D eigenvalue weighted by Gasteiger charge is 2.23. The normalized spacial score (nSPS) is 13.9. The maximum absolute atomic E-state index is 12.4. The highest BCUT2D eigenvalue weighted by atomic mass is 16.6. The van der Waals surface area contributed by atoms with Crippen molar-refractivity contribution in [3.05, 3.63) is 24.3 Å². The molecular weight excluding hydrogens is 384 g/mol. The molecule has 31 heavy (non-hydrogen) atoms. The van der Waals surface area contributed by atoms with Gasteiger partial charge in [0.1, 0.15) is 6.10 Å². The van der Waals surface area contributed by atoms with E-state index in [2.05, 4.69) is 55.3 Å². The molecule has 0 aliphatic heterocycles. The maximum atomic E-state index is 12.4. The molecule has 0 bridgehead atoms. The Morgan fingerprint density at radius 1 is 0.839 bits per heavy atom. The summed E-state index contributed by atoms with van der Waals surface area (Å²) in [6.45, 7) is 8.14. The molecule has 1 amide bonds. The minimum Gasteiger partial charge on any atom is -0.446 e. The molecule has 2 unspecified atom stereocenters. The molecule has 0 aliphatic carbocycles. The Morgan fingerprint density at radius 3 is 2.06 bits per heavy atom. The minimum atomic E-state index is -0.267. The van der Waals surface area contributed by atoms with Crippen LogP contribution in [0.15, 0.2) is 24.3 Å². The zero-order valence-corrected chi connectivity index (χ0v) is 21.3. The fourth-order valence-corrected chi connectivity index (χ4v) is 3.67. The topological polar surface area (TPSA) is 41.6 Å². The molecule has 0 heterocycles. The number of nitrogens with one attached hydrogen (secondary N) is 1. The molecule has 0 fully saturated rings. The first-order valence-corrected chi connectivity index (χ1v) is 12.9. The summed E-state index contributed by atoms with van der Waals surface area (Å²) in [7, 11) is 4.01. The number of carbonyl (C=O) groups is 1. The molecule has 0 radical (unpaired) electrons. The summed E-state index contributed by atoms with van der Waals surface area (Å²) in [4.78, 5) is 14.4. The van der Waals surface area contributed by atoms with E-state index < -0.39 is 0 Å². The van der Waals surface area contributed by atoms with Crippen LogP contribution in [0.2, 0.25) is 0 Å². The summed E-state index contributed by atoms with van der Waals surface area (Å²) in [5.41, 5.74) is 0. The number of hydrogen-bond donors (Lipinski definition) is 1. The van der Waals surface area contributed by atoms with Crippen LogP contribution in [0.25, 0.3) is 0 Å². The molecule has 0 saturated carbocycles. The molecule has 0 saturated heterocycles. The number of ether oxygens (including phenoxy) is 1. The van der Waals surface area contributed by atoms with Crippen LogP contribution in [0, 0.1) is 5.92 Å². The van der Waals surface area contributed by atoms with E-state index >= 15 is 0 Å². The molecule has 0 aromatic heterocycles. The van der Waals surface area contributed by atoms with Crippen LogP contribution < -0.4 is 5.32 Å². The average molecular weight is 437 g/mol. The van der Waals surface area contributed by atoms with Crippen LogP contribution in [-0.2, 0) is 4.74 Å². The second kappa shape index (κ2) is 21.9. The third kappa shape index (κ3) is 19.1. The van der Waals surface area contributed by atoms with E-state index in [1.807, 2.05) is 14.1 Å². The highest BCUT2D eigenvalue weighted by Crippen LogP contribution is 2.24. The van der Waals surface area contributed by atoms with Gasteiger partial charge in [-0.3, -0.25) is 0 Å². The maximum Gasteiger partial charge on any atom is 0.407 e. The fourth-order valence-electron chi connectivity index (χ4n) is 3.67. The van der Waals surface area contributed by atoms with E-state index in [0.29, 0.717) is 12.5 Å². The number of nitrogens with zero attached hydrogens (tertiary/aromatic N) is 1. The predicted molar refractivity (Wildman–Crippen MR) is 136 cm³/mol. The van der Waals surface area contributed by atoms with Crippen LogP contribution in [0.4, 0.5) is 4.79 Å². The van der Waals surface area contributed by atoms with E-state index in [1.165, 1.54) is 38.5 Å². The van der Waals surface area contributed by atoms with Crippen molar-refractivity contribution < 1.29 is 9.53 Å². The molecule has 0 rings (SSSR count). The molecule has 4 heteroatoms. The van der Waals surface area contributed by atoms with Crippen molar-refractivity contribution in [3.8, 4) is 0 Å². The molecular formula is C27H52N2O2. The van der Waals surface area contributed by atoms with E-state index in [0.717, 1.165) is 51.5 Å². The molecule has 4 nitrogen and oxygen atoms in total. The lowest BCUT2D eigenvalue weighted by molar-refractivity contribution is 0.0512. The molecule has 1 N–H and O–H groups in total. The first kappa shape index (κ1) is 29.7. The van der Waals surface area contributed by atoms with Crippen LogP contribution in [0.5, 0.6) is 0 Å². The number of likely N-dealkylation sites (N-methyl/N-ethyl adjacent to an activating group) is 1. The highest BCUT2D eigenvalue weighted by molar-refractivity contribution is 5.67. The van der Waals surface area contributed by atoms with Crippen LogP contribution in [-0.4, -0.2) is 44.3 Å². The molecule has 0 aromatic carbocycles. The van der Waals surface area contributed by atoms with Gasteiger partial charge in [-0.25, -0.2) is 4.79 Å². The largest absolute Gasteiger partial charge is 0.446 e. The fraction of sp³-hybridized carbons (Fsp3) is 0.815.